The second kappa shape index (κ2) is 7.70. The van der Waals surface area contributed by atoms with E-state index < -0.39 is 0 Å². The van der Waals surface area contributed by atoms with Crippen molar-refractivity contribution in [3.05, 3.63) is 58.4 Å². The smallest absolute Gasteiger partial charge is 0.226 e. The molecule has 27 heavy (non-hydrogen) atoms. The van der Waals surface area contributed by atoms with Gasteiger partial charge in [0.15, 0.2) is 0 Å². The van der Waals surface area contributed by atoms with Crippen LogP contribution in [0.25, 0.3) is 0 Å². The van der Waals surface area contributed by atoms with Gasteiger partial charge in [-0.2, -0.15) is 0 Å². The molecule has 1 saturated heterocycles. The van der Waals surface area contributed by atoms with Crippen LogP contribution in [0.2, 0.25) is 0 Å². The molecule has 2 unspecified atom stereocenters. The van der Waals surface area contributed by atoms with E-state index in [2.05, 4.69) is 26.1 Å². The predicted molar refractivity (Wildman–Crippen MR) is 99.0 cm³/mol. The van der Waals surface area contributed by atoms with Gasteiger partial charge in [0.1, 0.15) is 11.6 Å². The first kappa shape index (κ1) is 18.0. The molecule has 2 aromatic rings. The highest BCUT2D eigenvalue weighted by Crippen LogP contribution is 2.26. The fourth-order valence-corrected chi connectivity index (χ4v) is 3.98. The Kier molecular flexibility index (Phi) is 5.13. The van der Waals surface area contributed by atoms with E-state index in [9.17, 15) is 9.18 Å². The molecule has 1 amide bonds. The van der Waals surface area contributed by atoms with Crippen molar-refractivity contribution < 1.29 is 9.18 Å². The molecule has 0 radical (unpaired) electrons. The molecule has 1 fully saturated rings. The van der Waals surface area contributed by atoms with Crippen molar-refractivity contribution in [2.24, 2.45) is 5.92 Å². The lowest BCUT2D eigenvalue weighted by atomic mass is 9.94. The Morgan fingerprint density at radius 3 is 3.00 bits per heavy atom. The highest BCUT2D eigenvalue weighted by Gasteiger charge is 2.34. The van der Waals surface area contributed by atoms with E-state index >= 15 is 0 Å². The average Bonchev–Trinajstić information content (AvgIpc) is 3.16. The number of rotatable bonds is 4. The van der Waals surface area contributed by atoms with Gasteiger partial charge >= 0.3 is 0 Å². The number of benzene rings is 1. The van der Waals surface area contributed by atoms with Gasteiger partial charge in [0.25, 0.3) is 0 Å². The number of aryl methyl sites for hydroxylation is 2. The van der Waals surface area contributed by atoms with Crippen molar-refractivity contribution >= 4 is 5.91 Å². The third-order valence-electron chi connectivity index (χ3n) is 5.38. The van der Waals surface area contributed by atoms with Crippen molar-refractivity contribution in [1.82, 2.24) is 26.1 Å². The minimum atomic E-state index is -0.328. The van der Waals surface area contributed by atoms with Crippen molar-refractivity contribution in [3.63, 3.8) is 0 Å². The van der Waals surface area contributed by atoms with Gasteiger partial charge in [0, 0.05) is 17.9 Å². The normalized spacial score (nSPS) is 21.7. The third kappa shape index (κ3) is 3.84. The highest BCUT2D eigenvalue weighted by molar-refractivity contribution is 5.80. The van der Waals surface area contributed by atoms with Gasteiger partial charge in [0.2, 0.25) is 5.91 Å². The number of fused-ring (bicyclic) bond motifs is 1. The number of nitrogens with one attached hydrogen (secondary N) is 3. The second-order valence-corrected chi connectivity index (χ2v) is 7.24. The lowest BCUT2D eigenvalue weighted by molar-refractivity contribution is -0.125. The zero-order chi connectivity index (χ0) is 18.8. The summed E-state index contributed by atoms with van der Waals surface area (Å²) in [4.78, 5) is 21.9. The molecular weight excluding hydrogens is 345 g/mol. The molecular formula is C20H24FN5O. The average molecular weight is 369 g/mol. The maximum atomic E-state index is 13.5. The van der Waals surface area contributed by atoms with Gasteiger partial charge in [-0.15, -0.1) is 0 Å². The standard InChI is InChI=1S/C20H24FN5O/c1-12-15-7-2-3-8-17(15)25-18(24-12)11-22-20(27)16-10-23-26-19(16)13-5-4-6-14(21)9-13/h4-6,9,16,19,23,26H,2-3,7-8,10-11H2,1H3,(H,22,27). The summed E-state index contributed by atoms with van der Waals surface area (Å²) in [7, 11) is 0. The van der Waals surface area contributed by atoms with E-state index in [0.29, 0.717) is 18.9 Å². The summed E-state index contributed by atoms with van der Waals surface area (Å²) < 4.78 is 13.5. The molecule has 142 valence electrons. The molecule has 0 bridgehead atoms. The van der Waals surface area contributed by atoms with Gasteiger partial charge in [0.05, 0.1) is 18.5 Å². The Balaban J connectivity index is 1.44. The first-order valence-corrected chi connectivity index (χ1v) is 9.48. The number of halogens is 1. The molecule has 0 saturated carbocycles. The number of carbonyl (C=O) groups is 1. The van der Waals surface area contributed by atoms with Crippen LogP contribution >= 0.6 is 0 Å². The van der Waals surface area contributed by atoms with E-state index in [-0.39, 0.29) is 23.7 Å². The Hall–Kier alpha value is -2.38. The van der Waals surface area contributed by atoms with Crippen molar-refractivity contribution in [2.45, 2.75) is 45.2 Å². The van der Waals surface area contributed by atoms with Gasteiger partial charge in [-0.05, 0) is 55.9 Å². The molecule has 3 N–H and O–H groups in total. The molecule has 1 aliphatic heterocycles. The van der Waals surface area contributed by atoms with Crippen molar-refractivity contribution in [1.29, 1.82) is 0 Å². The molecule has 7 heteroatoms. The summed E-state index contributed by atoms with van der Waals surface area (Å²) in [5.41, 5.74) is 10.2. The van der Waals surface area contributed by atoms with Gasteiger partial charge in [-0.25, -0.2) is 19.8 Å². The van der Waals surface area contributed by atoms with E-state index in [1.807, 2.05) is 13.0 Å². The molecule has 1 aromatic carbocycles. The predicted octanol–water partition coefficient (Wildman–Crippen LogP) is 1.88. The van der Waals surface area contributed by atoms with Crippen LogP contribution in [0.15, 0.2) is 24.3 Å². The monoisotopic (exact) mass is 369 g/mol. The quantitative estimate of drug-likeness (QED) is 0.767. The van der Waals surface area contributed by atoms with Crippen LogP contribution in [0.3, 0.4) is 0 Å². The van der Waals surface area contributed by atoms with Crippen molar-refractivity contribution in [3.8, 4) is 0 Å². The maximum absolute atomic E-state index is 13.5. The highest BCUT2D eigenvalue weighted by atomic mass is 19.1. The minimum Gasteiger partial charge on any atom is -0.348 e. The Labute approximate surface area is 158 Å². The van der Waals surface area contributed by atoms with E-state index in [1.54, 1.807) is 6.07 Å². The molecule has 1 aliphatic carbocycles. The summed E-state index contributed by atoms with van der Waals surface area (Å²) in [5.74, 6) is -0.0766. The van der Waals surface area contributed by atoms with Gasteiger partial charge in [-0.3, -0.25) is 10.2 Å². The van der Waals surface area contributed by atoms with Crippen LogP contribution in [0.1, 0.15) is 47.2 Å². The number of hydrogen-bond donors (Lipinski definition) is 3. The molecule has 2 aliphatic rings. The summed E-state index contributed by atoms with van der Waals surface area (Å²) in [6.45, 7) is 2.80. The molecule has 4 rings (SSSR count). The lowest BCUT2D eigenvalue weighted by Crippen LogP contribution is -2.35. The minimum absolute atomic E-state index is 0.0965. The first-order valence-electron chi connectivity index (χ1n) is 9.48. The number of aromatic nitrogens is 2. The molecule has 0 spiro atoms. The lowest BCUT2D eigenvalue weighted by Gasteiger charge is -2.20. The number of hydrazine groups is 1. The Bertz CT molecular complexity index is 856. The Morgan fingerprint density at radius 2 is 2.15 bits per heavy atom. The molecule has 2 atom stereocenters. The van der Waals surface area contributed by atoms with Gasteiger partial charge < -0.3 is 5.32 Å². The SMILES string of the molecule is Cc1nc(CNC(=O)C2CNNC2c2cccc(F)c2)nc2c1CCCC2. The fourth-order valence-electron chi connectivity index (χ4n) is 3.98. The first-order chi connectivity index (χ1) is 13.1. The van der Waals surface area contributed by atoms with Crippen molar-refractivity contribution in [2.75, 3.05) is 6.54 Å². The fraction of sp³-hybridized carbons (Fsp3) is 0.450. The summed E-state index contributed by atoms with van der Waals surface area (Å²) in [6, 6.07) is 6.07. The van der Waals surface area contributed by atoms with Crippen LogP contribution in [-0.4, -0.2) is 22.4 Å². The summed E-state index contributed by atoms with van der Waals surface area (Å²) >= 11 is 0. The number of amides is 1. The number of nitrogens with zero attached hydrogens (tertiary/aromatic N) is 2. The maximum Gasteiger partial charge on any atom is 0.226 e. The molecule has 1 aromatic heterocycles. The van der Waals surface area contributed by atoms with Crippen LogP contribution in [0.5, 0.6) is 0 Å². The summed E-state index contributed by atoms with van der Waals surface area (Å²) in [6.07, 6.45) is 4.38. The largest absolute Gasteiger partial charge is 0.348 e. The van der Waals surface area contributed by atoms with Crippen LogP contribution in [0, 0.1) is 18.7 Å². The van der Waals surface area contributed by atoms with E-state index in [0.717, 1.165) is 36.2 Å². The number of hydrogen-bond acceptors (Lipinski definition) is 5. The van der Waals surface area contributed by atoms with Crippen LogP contribution < -0.4 is 16.2 Å². The Morgan fingerprint density at radius 1 is 1.30 bits per heavy atom. The molecule has 2 heterocycles. The third-order valence-corrected chi connectivity index (χ3v) is 5.38. The van der Waals surface area contributed by atoms with Gasteiger partial charge in [-0.1, -0.05) is 12.1 Å². The van der Waals surface area contributed by atoms with Crippen LogP contribution in [-0.2, 0) is 24.2 Å². The molecule has 6 nitrogen and oxygen atoms in total. The topological polar surface area (TPSA) is 78.9 Å². The summed E-state index contributed by atoms with van der Waals surface area (Å²) in [5, 5.41) is 2.95. The van der Waals surface area contributed by atoms with E-state index in [4.69, 9.17) is 0 Å². The number of carbonyl (C=O) groups excluding carboxylic acids is 1. The zero-order valence-electron chi connectivity index (χ0n) is 15.4. The zero-order valence-corrected chi connectivity index (χ0v) is 15.4. The van der Waals surface area contributed by atoms with Crippen LogP contribution in [0.4, 0.5) is 4.39 Å². The second-order valence-electron chi connectivity index (χ2n) is 7.24. The van der Waals surface area contributed by atoms with E-state index in [1.165, 1.54) is 24.1 Å².